The third-order valence-corrected chi connectivity index (χ3v) is 3.79. The minimum atomic E-state index is 0.00625. The van der Waals surface area contributed by atoms with Crippen molar-refractivity contribution in [3.05, 3.63) is 50.3 Å². The number of rotatable bonds is 3. The van der Waals surface area contributed by atoms with Crippen LogP contribution in [-0.4, -0.2) is 9.97 Å². The first-order chi connectivity index (χ1) is 8.33. The van der Waals surface area contributed by atoms with Gasteiger partial charge < -0.3 is 10.3 Å². The van der Waals surface area contributed by atoms with Crippen LogP contribution in [0.15, 0.2) is 28.5 Å². The molecule has 88 valence electrons. The van der Waals surface area contributed by atoms with Crippen molar-refractivity contribution in [2.75, 3.05) is 0 Å². The van der Waals surface area contributed by atoms with E-state index in [1.807, 2.05) is 17.6 Å². The van der Waals surface area contributed by atoms with E-state index >= 15 is 0 Å². The Morgan fingerprint density at radius 2 is 2.53 bits per heavy atom. The number of nitrogens with one attached hydrogen (secondary N) is 2. The van der Waals surface area contributed by atoms with Crippen LogP contribution in [0.1, 0.15) is 29.4 Å². The molecular weight excluding hydrogens is 234 g/mol. The van der Waals surface area contributed by atoms with Gasteiger partial charge in [-0.05, 0) is 24.5 Å². The summed E-state index contributed by atoms with van der Waals surface area (Å²) in [7, 11) is 0. The van der Waals surface area contributed by atoms with Crippen LogP contribution < -0.4 is 10.2 Å². The van der Waals surface area contributed by atoms with E-state index in [0.29, 0.717) is 12.6 Å². The summed E-state index contributed by atoms with van der Waals surface area (Å²) in [5.74, 6) is 0. The molecule has 3 rings (SSSR count). The summed E-state index contributed by atoms with van der Waals surface area (Å²) in [5, 5.41) is 5.31. The van der Waals surface area contributed by atoms with Gasteiger partial charge in [0, 0.05) is 23.8 Å². The maximum Gasteiger partial charge on any atom is 0.304 e. The van der Waals surface area contributed by atoms with E-state index < -0.39 is 0 Å². The van der Waals surface area contributed by atoms with Gasteiger partial charge in [-0.15, -0.1) is 0 Å². The second-order valence-electron chi connectivity index (χ2n) is 4.19. The molecule has 1 aliphatic rings. The van der Waals surface area contributed by atoms with Crippen LogP contribution in [0.4, 0.5) is 0 Å². The lowest BCUT2D eigenvalue weighted by Gasteiger charge is -2.11. The molecule has 0 bridgehead atoms. The van der Waals surface area contributed by atoms with Gasteiger partial charge >= 0.3 is 4.87 Å². The Morgan fingerprint density at radius 1 is 1.59 bits per heavy atom. The number of H-pyrrole nitrogens is 1. The third-order valence-electron chi connectivity index (χ3n) is 3.07. The zero-order chi connectivity index (χ0) is 11.7. The van der Waals surface area contributed by atoms with Crippen molar-refractivity contribution in [1.82, 2.24) is 15.3 Å². The number of thiazole rings is 1. The molecule has 0 saturated carbocycles. The van der Waals surface area contributed by atoms with Crippen molar-refractivity contribution in [2.24, 2.45) is 0 Å². The number of aromatic nitrogens is 2. The van der Waals surface area contributed by atoms with Crippen molar-refractivity contribution in [1.29, 1.82) is 0 Å². The summed E-state index contributed by atoms with van der Waals surface area (Å²) in [6.45, 7) is 0.694. The van der Waals surface area contributed by atoms with Crippen LogP contribution >= 0.6 is 11.3 Å². The minimum Gasteiger partial charge on any atom is -0.315 e. The first-order valence-corrected chi connectivity index (χ1v) is 6.55. The van der Waals surface area contributed by atoms with Crippen LogP contribution in [0.5, 0.6) is 0 Å². The van der Waals surface area contributed by atoms with Gasteiger partial charge in [0.05, 0.1) is 11.7 Å². The summed E-state index contributed by atoms with van der Waals surface area (Å²) in [6.07, 6.45) is 4.01. The van der Waals surface area contributed by atoms with E-state index in [4.69, 9.17) is 0 Å². The van der Waals surface area contributed by atoms with E-state index in [1.165, 1.54) is 16.9 Å². The molecule has 2 heterocycles. The van der Waals surface area contributed by atoms with Crippen LogP contribution in [0, 0.1) is 0 Å². The molecule has 1 atom stereocenters. The summed E-state index contributed by atoms with van der Waals surface area (Å²) < 4.78 is 0. The molecule has 17 heavy (non-hydrogen) atoms. The van der Waals surface area contributed by atoms with Gasteiger partial charge in [0.25, 0.3) is 0 Å². The maximum atomic E-state index is 11.0. The van der Waals surface area contributed by atoms with Crippen molar-refractivity contribution >= 4 is 11.3 Å². The summed E-state index contributed by atoms with van der Waals surface area (Å²) in [5.41, 5.74) is 3.44. The quantitative estimate of drug-likeness (QED) is 0.866. The van der Waals surface area contributed by atoms with Crippen molar-refractivity contribution in [3.8, 4) is 0 Å². The maximum absolute atomic E-state index is 11.0. The second-order valence-corrected chi connectivity index (χ2v) is 5.04. The SMILES string of the molecule is O=c1[nH]c(CNC2CCc3cccnc32)cs1. The predicted octanol–water partition coefficient (Wildman–Crippen LogP) is 1.61. The molecule has 0 amide bonds. The van der Waals surface area contributed by atoms with Gasteiger partial charge in [0.1, 0.15) is 0 Å². The number of fused-ring (bicyclic) bond motifs is 1. The Balaban J connectivity index is 1.70. The average molecular weight is 247 g/mol. The fraction of sp³-hybridized carbons (Fsp3) is 0.333. The van der Waals surface area contributed by atoms with Gasteiger partial charge in [-0.3, -0.25) is 9.78 Å². The summed E-state index contributed by atoms with van der Waals surface area (Å²) in [6, 6.07) is 4.43. The predicted molar refractivity (Wildman–Crippen MR) is 67.1 cm³/mol. The Bertz CT molecular complexity index is 575. The van der Waals surface area contributed by atoms with Gasteiger partial charge in [0.15, 0.2) is 0 Å². The Morgan fingerprint density at radius 3 is 3.35 bits per heavy atom. The summed E-state index contributed by atoms with van der Waals surface area (Å²) in [4.78, 5) is 18.2. The topological polar surface area (TPSA) is 57.8 Å². The highest BCUT2D eigenvalue weighted by Gasteiger charge is 2.22. The highest BCUT2D eigenvalue weighted by atomic mass is 32.1. The van der Waals surface area contributed by atoms with E-state index in [9.17, 15) is 4.79 Å². The normalized spacial score (nSPS) is 18.2. The first kappa shape index (κ1) is 10.7. The number of aromatic amines is 1. The van der Waals surface area contributed by atoms with Crippen LogP contribution in [0.2, 0.25) is 0 Å². The lowest BCUT2D eigenvalue weighted by molar-refractivity contribution is 0.517. The first-order valence-electron chi connectivity index (χ1n) is 5.67. The molecular formula is C12H13N3OS. The lowest BCUT2D eigenvalue weighted by Crippen LogP contribution is -2.20. The molecule has 2 aromatic rings. The molecule has 1 aliphatic carbocycles. The lowest BCUT2D eigenvalue weighted by atomic mass is 10.2. The Hall–Kier alpha value is -1.46. The molecule has 1 unspecified atom stereocenters. The number of nitrogens with zero attached hydrogens (tertiary/aromatic N) is 1. The molecule has 0 aromatic carbocycles. The molecule has 0 radical (unpaired) electrons. The molecule has 0 spiro atoms. The largest absolute Gasteiger partial charge is 0.315 e. The molecule has 2 N–H and O–H groups in total. The number of hydrogen-bond acceptors (Lipinski definition) is 4. The monoisotopic (exact) mass is 247 g/mol. The molecule has 2 aromatic heterocycles. The van der Waals surface area contributed by atoms with Crippen molar-refractivity contribution in [3.63, 3.8) is 0 Å². The van der Waals surface area contributed by atoms with Gasteiger partial charge in [-0.1, -0.05) is 17.4 Å². The van der Waals surface area contributed by atoms with Crippen molar-refractivity contribution < 1.29 is 0 Å². The average Bonchev–Trinajstić information content (AvgIpc) is 2.93. The van der Waals surface area contributed by atoms with E-state index in [1.54, 1.807) is 0 Å². The number of pyridine rings is 1. The standard InChI is InChI=1S/C12H13N3OS/c16-12-15-9(7-17-12)6-14-10-4-3-8-2-1-5-13-11(8)10/h1-2,5,7,10,14H,3-4,6H2,(H,15,16). The molecule has 0 aliphatic heterocycles. The van der Waals surface area contributed by atoms with Crippen LogP contribution in [0.25, 0.3) is 0 Å². The summed E-state index contributed by atoms with van der Waals surface area (Å²) >= 11 is 1.21. The van der Waals surface area contributed by atoms with Gasteiger partial charge in [0.2, 0.25) is 0 Å². The minimum absolute atomic E-state index is 0.00625. The third kappa shape index (κ3) is 2.16. The second kappa shape index (κ2) is 4.43. The van der Waals surface area contributed by atoms with Gasteiger partial charge in [-0.2, -0.15) is 0 Å². The number of hydrogen-bond donors (Lipinski definition) is 2. The van der Waals surface area contributed by atoms with E-state index in [-0.39, 0.29) is 4.87 Å². The fourth-order valence-electron chi connectivity index (χ4n) is 2.24. The van der Waals surface area contributed by atoms with Gasteiger partial charge in [-0.25, -0.2) is 0 Å². The van der Waals surface area contributed by atoms with Crippen LogP contribution in [0.3, 0.4) is 0 Å². The molecule has 0 saturated heterocycles. The Kier molecular flexibility index (Phi) is 2.78. The van der Waals surface area contributed by atoms with Crippen LogP contribution in [-0.2, 0) is 13.0 Å². The number of aryl methyl sites for hydroxylation is 1. The zero-order valence-electron chi connectivity index (χ0n) is 9.27. The highest BCUT2D eigenvalue weighted by molar-refractivity contribution is 7.07. The Labute approximate surface area is 103 Å². The molecule has 0 fully saturated rings. The van der Waals surface area contributed by atoms with Crippen molar-refractivity contribution in [2.45, 2.75) is 25.4 Å². The highest BCUT2D eigenvalue weighted by Crippen LogP contribution is 2.28. The fourth-order valence-corrected chi connectivity index (χ4v) is 2.83. The van der Waals surface area contributed by atoms with E-state index in [0.717, 1.165) is 24.2 Å². The van der Waals surface area contributed by atoms with E-state index in [2.05, 4.69) is 21.4 Å². The molecule has 4 nitrogen and oxygen atoms in total. The smallest absolute Gasteiger partial charge is 0.304 e. The zero-order valence-corrected chi connectivity index (χ0v) is 10.1. The molecule has 5 heteroatoms.